The molecular weight excluding hydrogens is 274 g/mol. The highest BCUT2D eigenvalue weighted by molar-refractivity contribution is 6.04. The van der Waals surface area contributed by atoms with Crippen LogP contribution < -0.4 is 0 Å². The van der Waals surface area contributed by atoms with Gasteiger partial charge in [0.15, 0.2) is 0 Å². The van der Waals surface area contributed by atoms with Crippen molar-refractivity contribution in [3.8, 4) is 0 Å². The average Bonchev–Trinajstić information content (AvgIpc) is 2.71. The van der Waals surface area contributed by atoms with Crippen molar-refractivity contribution in [2.75, 3.05) is 13.7 Å². The van der Waals surface area contributed by atoms with Crippen LogP contribution in [0.1, 0.15) is 26.2 Å². The number of β-lactam (4-membered cyclic amide) rings is 1. The molecule has 0 aromatic rings. The van der Waals surface area contributed by atoms with Gasteiger partial charge in [0.2, 0.25) is 5.88 Å². The Hall–Kier alpha value is -1.82. The first kappa shape index (κ1) is 14.1. The van der Waals surface area contributed by atoms with Crippen LogP contribution in [0.3, 0.4) is 0 Å². The summed E-state index contributed by atoms with van der Waals surface area (Å²) in [6.45, 7) is 2.37. The Balaban J connectivity index is 2.02. The second kappa shape index (κ2) is 5.18. The van der Waals surface area contributed by atoms with E-state index in [1.807, 2.05) is 13.0 Å². The molecule has 0 radical (unpaired) electrons. The summed E-state index contributed by atoms with van der Waals surface area (Å²) in [4.78, 5) is 24.7. The Morgan fingerprint density at radius 2 is 2.24 bits per heavy atom. The van der Waals surface area contributed by atoms with E-state index in [0.717, 1.165) is 30.4 Å². The second-order valence-corrected chi connectivity index (χ2v) is 5.68. The molecule has 0 unspecified atom stereocenters. The van der Waals surface area contributed by atoms with Gasteiger partial charge in [-0.05, 0) is 19.8 Å². The van der Waals surface area contributed by atoms with Crippen molar-refractivity contribution in [2.45, 2.75) is 32.2 Å². The third kappa shape index (κ3) is 1.97. The molecule has 1 amide bonds. The van der Waals surface area contributed by atoms with E-state index in [4.69, 9.17) is 14.6 Å². The fourth-order valence-electron chi connectivity index (χ4n) is 3.94. The fraction of sp³-hybridized carbons (Fsp3) is 0.600. The first-order valence-corrected chi connectivity index (χ1v) is 7.23. The SMILES string of the molecule is C/C=C1/C(=O)N2C(OC(=O)O)=C3[C@H](COC)CCC[C@H]3[C@H]12. The van der Waals surface area contributed by atoms with Gasteiger partial charge in [-0.3, -0.25) is 9.69 Å². The summed E-state index contributed by atoms with van der Waals surface area (Å²) in [7, 11) is 1.63. The Bertz CT molecular complexity index is 548. The first-order chi connectivity index (χ1) is 10.1. The van der Waals surface area contributed by atoms with Crippen LogP contribution in [0.25, 0.3) is 0 Å². The van der Waals surface area contributed by atoms with Gasteiger partial charge in [0.1, 0.15) is 0 Å². The topological polar surface area (TPSA) is 76.1 Å². The van der Waals surface area contributed by atoms with Crippen molar-refractivity contribution in [1.29, 1.82) is 0 Å². The number of ether oxygens (including phenoxy) is 2. The predicted octanol–water partition coefficient (Wildman–Crippen LogP) is 2.13. The smallest absolute Gasteiger partial charge is 0.449 e. The maximum absolute atomic E-state index is 12.2. The summed E-state index contributed by atoms with van der Waals surface area (Å²) in [5, 5.41) is 8.98. The number of carbonyl (C=O) groups is 2. The van der Waals surface area contributed by atoms with E-state index in [2.05, 4.69) is 0 Å². The average molecular weight is 293 g/mol. The Morgan fingerprint density at radius 1 is 1.48 bits per heavy atom. The molecule has 1 saturated carbocycles. The minimum absolute atomic E-state index is 0.0495. The molecule has 0 spiro atoms. The summed E-state index contributed by atoms with van der Waals surface area (Å²) in [5.41, 5.74) is 1.71. The zero-order valence-electron chi connectivity index (χ0n) is 12.2. The Morgan fingerprint density at radius 3 is 2.86 bits per heavy atom. The minimum Gasteiger partial charge on any atom is -0.449 e. The number of rotatable bonds is 3. The monoisotopic (exact) mass is 293 g/mol. The van der Waals surface area contributed by atoms with E-state index in [1.54, 1.807) is 7.11 Å². The maximum Gasteiger partial charge on any atom is 0.512 e. The Kier molecular flexibility index (Phi) is 3.49. The minimum atomic E-state index is -1.37. The van der Waals surface area contributed by atoms with Crippen LogP contribution in [-0.4, -0.2) is 41.8 Å². The van der Waals surface area contributed by atoms with Crippen LogP contribution in [0, 0.1) is 11.8 Å². The number of hydrogen-bond acceptors (Lipinski definition) is 4. The molecule has 2 aliphatic heterocycles. The molecule has 3 rings (SSSR count). The van der Waals surface area contributed by atoms with Gasteiger partial charge in [-0.1, -0.05) is 12.5 Å². The van der Waals surface area contributed by atoms with Gasteiger partial charge in [-0.2, -0.15) is 0 Å². The molecule has 2 heterocycles. The van der Waals surface area contributed by atoms with Crippen molar-refractivity contribution in [3.05, 3.63) is 23.1 Å². The first-order valence-electron chi connectivity index (χ1n) is 7.23. The lowest BCUT2D eigenvalue weighted by Gasteiger charge is -2.41. The lowest BCUT2D eigenvalue weighted by molar-refractivity contribution is -0.136. The van der Waals surface area contributed by atoms with Crippen molar-refractivity contribution >= 4 is 12.1 Å². The third-order valence-corrected chi connectivity index (χ3v) is 4.68. The van der Waals surface area contributed by atoms with Crippen LogP contribution in [0.15, 0.2) is 23.1 Å². The van der Waals surface area contributed by atoms with Gasteiger partial charge < -0.3 is 14.6 Å². The van der Waals surface area contributed by atoms with Crippen molar-refractivity contribution in [2.24, 2.45) is 11.8 Å². The predicted molar refractivity (Wildman–Crippen MR) is 73.2 cm³/mol. The Labute approximate surface area is 123 Å². The number of carboxylic acid groups (broad SMARTS) is 1. The quantitative estimate of drug-likeness (QED) is 0.490. The molecule has 6 heteroatoms. The molecular formula is C15H19NO5. The molecule has 6 nitrogen and oxygen atoms in total. The van der Waals surface area contributed by atoms with Crippen LogP contribution in [-0.2, 0) is 14.3 Å². The second-order valence-electron chi connectivity index (χ2n) is 5.68. The summed E-state index contributed by atoms with van der Waals surface area (Å²) in [6, 6.07) is -0.0495. The largest absolute Gasteiger partial charge is 0.512 e. The molecule has 2 fully saturated rings. The van der Waals surface area contributed by atoms with E-state index < -0.39 is 6.16 Å². The van der Waals surface area contributed by atoms with Crippen molar-refractivity contribution in [3.63, 3.8) is 0 Å². The van der Waals surface area contributed by atoms with E-state index in [1.165, 1.54) is 4.90 Å². The standard InChI is InChI=1S/C15H19NO5/c1-3-9-12-10-6-4-5-8(7-20-2)11(10)14(21-15(18)19)16(12)13(9)17/h3,8,10,12H,4-7H2,1-2H3,(H,18,19)/b9-3+/t8-,10+,12-/m0/s1. The van der Waals surface area contributed by atoms with E-state index in [0.29, 0.717) is 6.61 Å². The zero-order chi connectivity index (χ0) is 15.1. The van der Waals surface area contributed by atoms with Gasteiger partial charge in [-0.25, -0.2) is 4.79 Å². The number of carbonyl (C=O) groups excluding carboxylic acids is 1. The lowest BCUT2D eigenvalue weighted by Crippen LogP contribution is -2.54. The molecule has 3 aliphatic rings. The molecule has 114 valence electrons. The number of hydrogen-bond donors (Lipinski definition) is 1. The summed E-state index contributed by atoms with van der Waals surface area (Å²) in [6.07, 6.45) is 3.39. The summed E-state index contributed by atoms with van der Waals surface area (Å²) in [5.74, 6) is 0.378. The number of amides is 1. The lowest BCUT2D eigenvalue weighted by atomic mass is 9.72. The van der Waals surface area contributed by atoms with Crippen LogP contribution in [0.2, 0.25) is 0 Å². The normalized spacial score (nSPS) is 32.9. The van der Waals surface area contributed by atoms with Crippen LogP contribution in [0.4, 0.5) is 4.79 Å². The molecule has 1 saturated heterocycles. The van der Waals surface area contributed by atoms with Gasteiger partial charge in [-0.15, -0.1) is 0 Å². The van der Waals surface area contributed by atoms with Gasteiger partial charge >= 0.3 is 6.16 Å². The highest BCUT2D eigenvalue weighted by Crippen LogP contribution is 2.53. The molecule has 1 N–H and O–H groups in total. The molecule has 0 aromatic heterocycles. The van der Waals surface area contributed by atoms with Gasteiger partial charge in [0, 0.05) is 30.1 Å². The fourth-order valence-corrected chi connectivity index (χ4v) is 3.94. The van der Waals surface area contributed by atoms with Crippen LogP contribution in [0.5, 0.6) is 0 Å². The van der Waals surface area contributed by atoms with Crippen molar-refractivity contribution in [1.82, 2.24) is 4.90 Å². The van der Waals surface area contributed by atoms with E-state index in [9.17, 15) is 9.59 Å². The summed E-state index contributed by atoms with van der Waals surface area (Å²) >= 11 is 0. The van der Waals surface area contributed by atoms with Crippen LogP contribution >= 0.6 is 0 Å². The van der Waals surface area contributed by atoms with Gasteiger partial charge in [0.25, 0.3) is 5.91 Å². The highest BCUT2D eigenvalue weighted by atomic mass is 16.7. The number of fused-ring (bicyclic) bond motifs is 3. The number of allylic oxidation sites excluding steroid dienone is 1. The molecule has 0 bridgehead atoms. The van der Waals surface area contributed by atoms with E-state index >= 15 is 0 Å². The molecule has 1 aliphatic carbocycles. The highest BCUT2D eigenvalue weighted by Gasteiger charge is 2.57. The number of nitrogens with zero attached hydrogens (tertiary/aromatic N) is 1. The molecule has 3 atom stereocenters. The zero-order valence-corrected chi connectivity index (χ0v) is 12.2. The summed E-state index contributed by atoms with van der Waals surface area (Å²) < 4.78 is 10.2. The molecule has 21 heavy (non-hydrogen) atoms. The van der Waals surface area contributed by atoms with Crippen molar-refractivity contribution < 1.29 is 24.2 Å². The third-order valence-electron chi connectivity index (χ3n) is 4.68. The number of methoxy groups -OCH3 is 1. The molecule has 0 aromatic carbocycles. The van der Waals surface area contributed by atoms with Gasteiger partial charge in [0.05, 0.1) is 12.6 Å². The maximum atomic E-state index is 12.2. The van der Waals surface area contributed by atoms with E-state index in [-0.39, 0.29) is 29.7 Å².